The monoisotopic (exact) mass is 269 g/mol. The molecule has 0 aromatic heterocycles. The van der Waals surface area contributed by atoms with Gasteiger partial charge in [0.15, 0.2) is 0 Å². The maximum Gasteiger partial charge on any atom is 2.00 e. The van der Waals surface area contributed by atoms with E-state index in [0.717, 1.165) is 0 Å². The van der Waals surface area contributed by atoms with Gasteiger partial charge in [-0.3, -0.25) is 6.29 Å². The minimum Gasteiger partial charge on any atom is -0.542 e. The summed E-state index contributed by atoms with van der Waals surface area (Å²) in [5, 5.41) is 0. The number of hydrogen-bond acceptors (Lipinski definition) is 1. The van der Waals surface area contributed by atoms with Gasteiger partial charge in [-0.2, -0.15) is 6.42 Å². The molecule has 0 atom stereocenters. The van der Waals surface area contributed by atoms with Crippen molar-refractivity contribution in [2.45, 2.75) is 20.3 Å². The van der Waals surface area contributed by atoms with Crippen molar-refractivity contribution in [2.24, 2.45) is 5.92 Å². The van der Waals surface area contributed by atoms with Crippen LogP contribution in [0, 0.1) is 5.92 Å². The summed E-state index contributed by atoms with van der Waals surface area (Å²) < 4.78 is 0. The fourth-order valence-corrected chi connectivity index (χ4v) is 0.167. The van der Waals surface area contributed by atoms with Crippen molar-refractivity contribution in [3.05, 3.63) is 0 Å². The molecule has 0 aromatic rings. The van der Waals surface area contributed by atoms with Gasteiger partial charge in [0.25, 0.3) is 0 Å². The van der Waals surface area contributed by atoms with Crippen LogP contribution in [-0.2, 0) is 25.9 Å². The van der Waals surface area contributed by atoms with Crippen molar-refractivity contribution in [1.29, 1.82) is 0 Å². The van der Waals surface area contributed by atoms with Crippen molar-refractivity contribution in [3.63, 3.8) is 0 Å². The molecule has 0 N–H and O–H groups in total. The quantitative estimate of drug-likeness (QED) is 0.687. The summed E-state index contributed by atoms with van der Waals surface area (Å²) in [6.45, 7) is 3.98. The van der Waals surface area contributed by atoms with E-state index >= 15 is 0 Å². The Morgan fingerprint density at radius 3 is 2.00 bits per heavy atom. The van der Waals surface area contributed by atoms with E-state index in [1.807, 2.05) is 20.1 Å². The van der Waals surface area contributed by atoms with Gasteiger partial charge in [-0.1, -0.05) is 19.8 Å². The van der Waals surface area contributed by atoms with Gasteiger partial charge in [-0.05, 0) is 0 Å². The van der Waals surface area contributed by atoms with Crippen LogP contribution in [0.4, 0.5) is 0 Å². The summed E-state index contributed by atoms with van der Waals surface area (Å²) in [5.74, 6) is 0.475. The molecule has 0 spiro atoms. The van der Waals surface area contributed by atoms with Crippen molar-refractivity contribution < 1.29 is 25.9 Å². The van der Waals surface area contributed by atoms with Crippen LogP contribution in [0.1, 0.15) is 20.3 Å². The summed E-state index contributed by atoms with van der Waals surface area (Å²) in [7, 11) is 0. The van der Waals surface area contributed by atoms with E-state index in [4.69, 9.17) is 0 Å². The molecular weight excluding hydrogens is 260 g/mol. The Balaban J connectivity index is 0. The zero-order valence-electron chi connectivity index (χ0n) is 4.60. The largest absolute Gasteiger partial charge is 2.00 e. The molecule has 0 aliphatic rings. The molecule has 0 unspecified atom stereocenters. The van der Waals surface area contributed by atoms with E-state index in [1.54, 1.807) is 0 Å². The molecule has 2 heteroatoms. The van der Waals surface area contributed by atoms with Gasteiger partial charge in [0.05, 0.1) is 0 Å². The first-order valence-corrected chi connectivity index (χ1v) is 2.12. The second kappa shape index (κ2) is 6.36. The molecule has 0 heterocycles. The van der Waals surface area contributed by atoms with Crippen LogP contribution in [0.25, 0.3) is 0 Å². The molecule has 0 amide bonds. The van der Waals surface area contributed by atoms with Crippen LogP contribution < -0.4 is 0 Å². The summed E-state index contributed by atoms with van der Waals surface area (Å²) in [6.07, 6.45) is 2.39. The SMILES string of the molecule is CC(C)C[C-]=O.[W+2]. The van der Waals surface area contributed by atoms with E-state index in [-0.39, 0.29) is 21.1 Å². The molecule has 0 radical (unpaired) electrons. The van der Waals surface area contributed by atoms with Gasteiger partial charge in [0.2, 0.25) is 0 Å². The predicted octanol–water partition coefficient (Wildman–Crippen LogP) is 1.14. The van der Waals surface area contributed by atoms with Gasteiger partial charge < -0.3 is 4.79 Å². The van der Waals surface area contributed by atoms with E-state index in [0.29, 0.717) is 12.3 Å². The van der Waals surface area contributed by atoms with Crippen molar-refractivity contribution in [1.82, 2.24) is 0 Å². The fourth-order valence-electron chi connectivity index (χ4n) is 0.167. The van der Waals surface area contributed by atoms with Crippen molar-refractivity contribution in [3.8, 4) is 0 Å². The number of carbonyl (C=O) groups excluding carboxylic acids is 1. The second-order valence-electron chi connectivity index (χ2n) is 1.74. The van der Waals surface area contributed by atoms with Crippen LogP contribution in [0.15, 0.2) is 0 Å². The Morgan fingerprint density at radius 2 is 2.00 bits per heavy atom. The zero-order valence-corrected chi connectivity index (χ0v) is 7.53. The summed E-state index contributed by atoms with van der Waals surface area (Å²) >= 11 is 0. The standard InChI is InChI=1S/C5H9O.W/c1-5(2)3-4-6;/h5H,3H2,1-2H3;/q-1;+2. The average Bonchev–Trinajstić information content (AvgIpc) is 1.35. The van der Waals surface area contributed by atoms with Crippen LogP contribution in [0.5, 0.6) is 0 Å². The Bertz CT molecular complexity index is 43.3. The first kappa shape index (κ1) is 10.4. The Morgan fingerprint density at radius 1 is 1.57 bits per heavy atom. The van der Waals surface area contributed by atoms with Gasteiger partial charge >= 0.3 is 21.1 Å². The molecule has 0 aliphatic carbocycles. The molecule has 0 aliphatic heterocycles. The molecule has 0 aromatic carbocycles. The molecule has 0 rings (SSSR count). The molecule has 40 valence electrons. The average molecular weight is 269 g/mol. The topological polar surface area (TPSA) is 17.1 Å². The number of hydrogen-bond donors (Lipinski definition) is 0. The number of rotatable bonds is 2. The molecule has 0 saturated carbocycles. The normalized spacial score (nSPS) is 7.86. The minimum atomic E-state index is 0. The second-order valence-corrected chi connectivity index (χ2v) is 1.74. The van der Waals surface area contributed by atoms with Crippen molar-refractivity contribution >= 4 is 6.29 Å². The van der Waals surface area contributed by atoms with Crippen molar-refractivity contribution in [2.75, 3.05) is 0 Å². The van der Waals surface area contributed by atoms with E-state index in [1.165, 1.54) is 0 Å². The fraction of sp³-hybridized carbons (Fsp3) is 0.800. The van der Waals surface area contributed by atoms with Gasteiger partial charge in [-0.15, -0.1) is 0 Å². The first-order valence-electron chi connectivity index (χ1n) is 2.12. The van der Waals surface area contributed by atoms with E-state index < -0.39 is 0 Å². The molecule has 1 nitrogen and oxygen atoms in total. The Kier molecular flexibility index (Phi) is 9.41. The first-order chi connectivity index (χ1) is 2.77. The van der Waals surface area contributed by atoms with Crippen LogP contribution in [0.3, 0.4) is 0 Å². The van der Waals surface area contributed by atoms with Crippen LogP contribution in [0.2, 0.25) is 0 Å². The maximum atomic E-state index is 9.49. The zero-order chi connectivity index (χ0) is 4.99. The molecule has 7 heavy (non-hydrogen) atoms. The molecular formula is C5H9OW+. The van der Waals surface area contributed by atoms with Gasteiger partial charge in [0, 0.05) is 0 Å². The van der Waals surface area contributed by atoms with E-state index in [9.17, 15) is 4.79 Å². The third kappa shape index (κ3) is 10.7. The predicted molar refractivity (Wildman–Crippen MR) is 25.1 cm³/mol. The van der Waals surface area contributed by atoms with Gasteiger partial charge in [0.1, 0.15) is 0 Å². The summed E-state index contributed by atoms with van der Waals surface area (Å²) in [4.78, 5) is 9.49. The third-order valence-corrected chi connectivity index (χ3v) is 0.492. The molecule has 0 fully saturated rings. The molecule has 0 bridgehead atoms. The van der Waals surface area contributed by atoms with Crippen LogP contribution >= 0.6 is 0 Å². The smallest absolute Gasteiger partial charge is 0.542 e. The summed E-state index contributed by atoms with van der Waals surface area (Å²) in [6, 6.07) is 0. The third-order valence-electron chi connectivity index (χ3n) is 0.492. The Labute approximate surface area is 58.7 Å². The van der Waals surface area contributed by atoms with Gasteiger partial charge in [-0.25, -0.2) is 0 Å². The summed E-state index contributed by atoms with van der Waals surface area (Å²) in [5.41, 5.74) is 0. The molecule has 0 saturated heterocycles. The van der Waals surface area contributed by atoms with E-state index in [2.05, 4.69) is 0 Å². The Hall–Kier alpha value is 0.358. The maximum absolute atomic E-state index is 9.49. The van der Waals surface area contributed by atoms with Crippen LogP contribution in [-0.4, -0.2) is 6.29 Å². The minimum absolute atomic E-state index is 0.